The summed E-state index contributed by atoms with van der Waals surface area (Å²) in [6.07, 6.45) is 9.10. The van der Waals surface area contributed by atoms with E-state index in [1.807, 2.05) is 16.7 Å². The second kappa shape index (κ2) is 7.66. The van der Waals surface area contributed by atoms with Crippen molar-refractivity contribution in [3.63, 3.8) is 0 Å². The van der Waals surface area contributed by atoms with Gasteiger partial charge in [0.25, 0.3) is 0 Å². The molecule has 1 heterocycles. The van der Waals surface area contributed by atoms with Gasteiger partial charge in [-0.2, -0.15) is 0 Å². The van der Waals surface area contributed by atoms with Crippen LogP contribution in [0.5, 0.6) is 0 Å². The summed E-state index contributed by atoms with van der Waals surface area (Å²) in [5.41, 5.74) is 5.65. The minimum atomic E-state index is -0.278. The molecule has 0 unspecified atom stereocenters. The van der Waals surface area contributed by atoms with Crippen molar-refractivity contribution in [1.29, 1.82) is 0 Å². The molecule has 2 fully saturated rings. The highest BCUT2D eigenvalue weighted by Gasteiger charge is 2.33. The van der Waals surface area contributed by atoms with Crippen molar-refractivity contribution in [2.45, 2.75) is 76.8 Å². The largest absolute Gasteiger partial charge is 0.351 e. The lowest BCUT2D eigenvalue weighted by molar-refractivity contribution is -0.132. The van der Waals surface area contributed by atoms with E-state index in [9.17, 15) is 9.59 Å². The standard InChI is InChI=1S/C16H29N3O2/c1-2-6-15(20)18-11-9-14(10-12-18)19(16(17)21)13-7-4-3-5-8-13/h13-14H,2-12H2,1H3,(H2,17,21). The Morgan fingerprint density at radius 1 is 1.05 bits per heavy atom. The predicted octanol–water partition coefficient (Wildman–Crippen LogP) is 2.49. The van der Waals surface area contributed by atoms with Crippen molar-refractivity contribution in [3.05, 3.63) is 0 Å². The van der Waals surface area contributed by atoms with Crippen LogP contribution in [0, 0.1) is 0 Å². The molecule has 1 aliphatic carbocycles. The second-order valence-electron chi connectivity index (χ2n) is 6.40. The quantitative estimate of drug-likeness (QED) is 0.866. The van der Waals surface area contributed by atoms with Crippen LogP contribution in [0.3, 0.4) is 0 Å². The molecule has 21 heavy (non-hydrogen) atoms. The number of amides is 3. The molecule has 0 aromatic heterocycles. The summed E-state index contributed by atoms with van der Waals surface area (Å²) in [6.45, 7) is 3.56. The van der Waals surface area contributed by atoms with Crippen LogP contribution in [0.25, 0.3) is 0 Å². The molecular formula is C16H29N3O2. The summed E-state index contributed by atoms with van der Waals surface area (Å²) >= 11 is 0. The van der Waals surface area contributed by atoms with Crippen LogP contribution in [0.2, 0.25) is 0 Å². The number of piperidine rings is 1. The van der Waals surface area contributed by atoms with Gasteiger partial charge >= 0.3 is 6.03 Å². The molecule has 0 spiro atoms. The molecule has 2 rings (SSSR count). The molecule has 2 aliphatic rings. The molecule has 1 saturated heterocycles. The Hall–Kier alpha value is -1.26. The van der Waals surface area contributed by atoms with Crippen molar-refractivity contribution in [2.75, 3.05) is 13.1 Å². The fraction of sp³-hybridized carbons (Fsp3) is 0.875. The molecule has 2 N–H and O–H groups in total. The van der Waals surface area contributed by atoms with E-state index in [0.29, 0.717) is 12.5 Å². The Bertz CT molecular complexity index is 359. The molecule has 5 heteroatoms. The lowest BCUT2D eigenvalue weighted by Crippen LogP contribution is -2.54. The molecule has 0 bridgehead atoms. The smallest absolute Gasteiger partial charge is 0.315 e. The molecule has 5 nitrogen and oxygen atoms in total. The number of hydrogen-bond donors (Lipinski definition) is 1. The van der Waals surface area contributed by atoms with Crippen molar-refractivity contribution in [3.8, 4) is 0 Å². The fourth-order valence-electron chi connectivity index (χ4n) is 3.78. The summed E-state index contributed by atoms with van der Waals surface area (Å²) in [5.74, 6) is 0.249. The zero-order valence-corrected chi connectivity index (χ0v) is 13.2. The van der Waals surface area contributed by atoms with E-state index in [4.69, 9.17) is 5.73 Å². The highest BCUT2D eigenvalue weighted by atomic mass is 16.2. The van der Waals surface area contributed by atoms with E-state index >= 15 is 0 Å². The Kier molecular flexibility index (Phi) is 5.88. The normalized spacial score (nSPS) is 21.3. The highest BCUT2D eigenvalue weighted by Crippen LogP contribution is 2.27. The van der Waals surface area contributed by atoms with Crippen LogP contribution in [0.15, 0.2) is 0 Å². The van der Waals surface area contributed by atoms with Gasteiger partial charge in [0.05, 0.1) is 0 Å². The molecule has 0 atom stereocenters. The van der Waals surface area contributed by atoms with Gasteiger partial charge in [-0.25, -0.2) is 4.79 Å². The highest BCUT2D eigenvalue weighted by molar-refractivity contribution is 5.76. The van der Waals surface area contributed by atoms with Gasteiger partial charge in [-0.05, 0) is 32.1 Å². The van der Waals surface area contributed by atoms with Gasteiger partial charge in [0.1, 0.15) is 0 Å². The molecular weight excluding hydrogens is 266 g/mol. The second-order valence-corrected chi connectivity index (χ2v) is 6.40. The number of rotatable bonds is 4. The lowest BCUT2D eigenvalue weighted by atomic mass is 9.91. The van der Waals surface area contributed by atoms with Crippen molar-refractivity contribution >= 4 is 11.9 Å². The number of primary amides is 1. The maximum atomic E-state index is 11.9. The Morgan fingerprint density at radius 2 is 1.62 bits per heavy atom. The minimum Gasteiger partial charge on any atom is -0.351 e. The van der Waals surface area contributed by atoms with Gasteiger partial charge in [0.2, 0.25) is 5.91 Å². The number of likely N-dealkylation sites (tertiary alicyclic amines) is 1. The third-order valence-corrected chi connectivity index (χ3v) is 4.90. The topological polar surface area (TPSA) is 66.6 Å². The number of nitrogens with two attached hydrogens (primary N) is 1. The third kappa shape index (κ3) is 4.11. The SMILES string of the molecule is CCCC(=O)N1CCC(N(C(N)=O)C2CCCCC2)CC1. The average molecular weight is 295 g/mol. The Labute approximate surface area is 127 Å². The monoisotopic (exact) mass is 295 g/mol. The van der Waals surface area contributed by atoms with Gasteiger partial charge < -0.3 is 15.5 Å². The lowest BCUT2D eigenvalue weighted by Gasteiger charge is -2.42. The fourth-order valence-corrected chi connectivity index (χ4v) is 3.78. The first-order valence-electron chi connectivity index (χ1n) is 8.49. The Morgan fingerprint density at radius 3 is 2.14 bits per heavy atom. The van der Waals surface area contributed by atoms with Gasteiger partial charge in [-0.1, -0.05) is 26.2 Å². The van der Waals surface area contributed by atoms with Crippen LogP contribution < -0.4 is 5.73 Å². The van der Waals surface area contributed by atoms with Gasteiger partial charge in [0.15, 0.2) is 0 Å². The van der Waals surface area contributed by atoms with Crippen LogP contribution in [0.4, 0.5) is 4.79 Å². The van der Waals surface area contributed by atoms with Crippen molar-refractivity contribution in [2.24, 2.45) is 5.73 Å². The predicted molar refractivity (Wildman–Crippen MR) is 82.8 cm³/mol. The zero-order valence-electron chi connectivity index (χ0n) is 13.2. The molecule has 3 amide bonds. The van der Waals surface area contributed by atoms with Gasteiger partial charge in [0, 0.05) is 31.6 Å². The number of urea groups is 1. The first-order chi connectivity index (χ1) is 10.1. The number of nitrogens with zero attached hydrogens (tertiary/aromatic N) is 2. The first-order valence-corrected chi connectivity index (χ1v) is 8.49. The number of carbonyl (C=O) groups is 2. The first kappa shape index (κ1) is 16.1. The number of hydrogen-bond acceptors (Lipinski definition) is 2. The van der Waals surface area contributed by atoms with Crippen molar-refractivity contribution < 1.29 is 9.59 Å². The maximum Gasteiger partial charge on any atom is 0.315 e. The van der Waals surface area contributed by atoms with E-state index in [-0.39, 0.29) is 18.0 Å². The molecule has 0 aromatic rings. The van der Waals surface area contributed by atoms with E-state index in [1.54, 1.807) is 0 Å². The molecule has 0 aromatic carbocycles. The summed E-state index contributed by atoms with van der Waals surface area (Å²) in [7, 11) is 0. The third-order valence-electron chi connectivity index (χ3n) is 4.90. The Balaban J connectivity index is 1.91. The van der Waals surface area contributed by atoms with Crippen LogP contribution >= 0.6 is 0 Å². The average Bonchev–Trinajstić information content (AvgIpc) is 2.49. The van der Waals surface area contributed by atoms with E-state index in [1.165, 1.54) is 19.3 Å². The van der Waals surface area contributed by atoms with Crippen molar-refractivity contribution in [1.82, 2.24) is 9.80 Å². The summed E-state index contributed by atoms with van der Waals surface area (Å²) < 4.78 is 0. The zero-order chi connectivity index (χ0) is 15.2. The number of carbonyl (C=O) groups excluding carboxylic acids is 2. The molecule has 1 aliphatic heterocycles. The van der Waals surface area contributed by atoms with Crippen LogP contribution in [-0.4, -0.2) is 46.9 Å². The van der Waals surface area contributed by atoms with Gasteiger partial charge in [-0.15, -0.1) is 0 Å². The molecule has 0 radical (unpaired) electrons. The van der Waals surface area contributed by atoms with E-state index < -0.39 is 0 Å². The molecule has 1 saturated carbocycles. The minimum absolute atomic E-state index is 0.219. The van der Waals surface area contributed by atoms with Crippen LogP contribution in [0.1, 0.15) is 64.7 Å². The summed E-state index contributed by atoms with van der Waals surface area (Å²) in [4.78, 5) is 27.7. The summed E-state index contributed by atoms with van der Waals surface area (Å²) in [5, 5.41) is 0. The van der Waals surface area contributed by atoms with E-state index in [0.717, 1.165) is 45.2 Å². The van der Waals surface area contributed by atoms with E-state index in [2.05, 4.69) is 0 Å². The molecule has 120 valence electrons. The van der Waals surface area contributed by atoms with Gasteiger partial charge in [-0.3, -0.25) is 4.79 Å². The van der Waals surface area contributed by atoms with Crippen LogP contribution in [-0.2, 0) is 4.79 Å². The maximum absolute atomic E-state index is 11.9. The summed E-state index contributed by atoms with van der Waals surface area (Å²) in [6, 6.07) is 0.260.